The maximum Gasteiger partial charge on any atom is 0.253 e. The maximum absolute atomic E-state index is 12.1. The number of benzene rings is 1. The van der Waals surface area contributed by atoms with Crippen LogP contribution in [0.4, 0.5) is 5.69 Å². The quantitative estimate of drug-likeness (QED) is 0.719. The van der Waals surface area contributed by atoms with Crippen LogP contribution in [-0.4, -0.2) is 30.3 Å². The second-order valence-corrected chi connectivity index (χ2v) is 4.88. The zero-order chi connectivity index (χ0) is 13.8. The summed E-state index contributed by atoms with van der Waals surface area (Å²) in [5, 5.41) is 12.7. The van der Waals surface area contributed by atoms with Gasteiger partial charge in [0.1, 0.15) is 5.75 Å². The fourth-order valence-corrected chi connectivity index (χ4v) is 2.40. The van der Waals surface area contributed by atoms with Crippen LogP contribution in [0.3, 0.4) is 0 Å². The van der Waals surface area contributed by atoms with Crippen LogP contribution in [0.15, 0.2) is 18.2 Å². The van der Waals surface area contributed by atoms with Gasteiger partial charge in [-0.25, -0.2) is 0 Å². The van der Waals surface area contributed by atoms with Gasteiger partial charge in [0.05, 0.1) is 24.8 Å². The Morgan fingerprint density at radius 3 is 2.79 bits per heavy atom. The van der Waals surface area contributed by atoms with Crippen molar-refractivity contribution >= 4 is 11.6 Å². The smallest absolute Gasteiger partial charge is 0.253 e. The van der Waals surface area contributed by atoms with Crippen molar-refractivity contribution in [2.45, 2.75) is 37.8 Å². The summed E-state index contributed by atoms with van der Waals surface area (Å²) in [6.45, 7) is 0. The van der Waals surface area contributed by atoms with Gasteiger partial charge in [0.15, 0.2) is 0 Å². The Kier molecular flexibility index (Phi) is 4.27. The molecule has 1 amide bonds. The third-order valence-corrected chi connectivity index (χ3v) is 3.55. The maximum atomic E-state index is 12.1. The predicted molar refractivity (Wildman–Crippen MR) is 73.1 cm³/mol. The molecule has 2 rings (SSSR count). The van der Waals surface area contributed by atoms with E-state index >= 15 is 0 Å². The molecular weight excluding hydrogens is 244 g/mol. The second kappa shape index (κ2) is 5.93. The van der Waals surface area contributed by atoms with Crippen molar-refractivity contribution in [2.75, 3.05) is 12.8 Å². The van der Waals surface area contributed by atoms with Gasteiger partial charge >= 0.3 is 0 Å². The Hall–Kier alpha value is -1.75. The lowest BCUT2D eigenvalue weighted by molar-refractivity contribution is 0.0718. The molecule has 1 aliphatic carbocycles. The van der Waals surface area contributed by atoms with Crippen LogP contribution in [0.2, 0.25) is 0 Å². The lowest BCUT2D eigenvalue weighted by Gasteiger charge is -2.28. The SMILES string of the molecule is COc1ccc(C(=O)NC2CCCCC2O)c(N)c1. The minimum Gasteiger partial charge on any atom is -0.497 e. The summed E-state index contributed by atoms with van der Waals surface area (Å²) >= 11 is 0. The van der Waals surface area contributed by atoms with Crippen LogP contribution in [-0.2, 0) is 0 Å². The van der Waals surface area contributed by atoms with E-state index in [2.05, 4.69) is 5.32 Å². The number of nitrogens with two attached hydrogens (primary N) is 1. The van der Waals surface area contributed by atoms with E-state index in [1.165, 1.54) is 0 Å². The number of hydrogen-bond acceptors (Lipinski definition) is 4. The van der Waals surface area contributed by atoms with Gasteiger partial charge in [0.2, 0.25) is 0 Å². The molecule has 1 aliphatic rings. The molecule has 5 nitrogen and oxygen atoms in total. The molecule has 1 saturated carbocycles. The molecule has 0 saturated heterocycles. The van der Waals surface area contributed by atoms with Crippen LogP contribution in [0.25, 0.3) is 0 Å². The Balaban J connectivity index is 2.07. The Labute approximate surface area is 112 Å². The van der Waals surface area contributed by atoms with Gasteiger partial charge < -0.3 is 20.9 Å². The molecule has 0 aliphatic heterocycles. The number of anilines is 1. The van der Waals surface area contributed by atoms with E-state index in [0.29, 0.717) is 17.0 Å². The zero-order valence-corrected chi connectivity index (χ0v) is 11.1. The fraction of sp³-hybridized carbons (Fsp3) is 0.500. The molecule has 0 spiro atoms. The average molecular weight is 264 g/mol. The van der Waals surface area contributed by atoms with Crippen LogP contribution >= 0.6 is 0 Å². The number of aliphatic hydroxyl groups excluding tert-OH is 1. The van der Waals surface area contributed by atoms with Crippen molar-refractivity contribution in [1.29, 1.82) is 0 Å². The van der Waals surface area contributed by atoms with Crippen LogP contribution in [0.1, 0.15) is 36.0 Å². The van der Waals surface area contributed by atoms with E-state index in [0.717, 1.165) is 25.7 Å². The van der Waals surface area contributed by atoms with Crippen molar-refractivity contribution in [2.24, 2.45) is 0 Å². The molecule has 2 unspecified atom stereocenters. The molecule has 1 aromatic rings. The first-order valence-electron chi connectivity index (χ1n) is 6.54. The van der Waals surface area contributed by atoms with E-state index < -0.39 is 6.10 Å². The molecule has 5 heteroatoms. The molecule has 1 fully saturated rings. The van der Waals surface area contributed by atoms with Crippen molar-refractivity contribution in [3.05, 3.63) is 23.8 Å². The summed E-state index contributed by atoms with van der Waals surface area (Å²) in [7, 11) is 1.55. The van der Waals surface area contributed by atoms with Crippen LogP contribution < -0.4 is 15.8 Å². The van der Waals surface area contributed by atoms with Gasteiger partial charge in [0.25, 0.3) is 5.91 Å². The minimum absolute atomic E-state index is 0.178. The molecule has 2 atom stereocenters. The third kappa shape index (κ3) is 3.17. The molecule has 1 aromatic carbocycles. The number of ether oxygens (including phenoxy) is 1. The number of aliphatic hydroxyl groups is 1. The Morgan fingerprint density at radius 2 is 2.16 bits per heavy atom. The molecule has 19 heavy (non-hydrogen) atoms. The normalized spacial score (nSPS) is 22.8. The van der Waals surface area contributed by atoms with Crippen molar-refractivity contribution in [3.63, 3.8) is 0 Å². The highest BCUT2D eigenvalue weighted by Gasteiger charge is 2.25. The Bertz CT molecular complexity index is 462. The van der Waals surface area contributed by atoms with Gasteiger partial charge in [-0.1, -0.05) is 12.8 Å². The first kappa shape index (κ1) is 13.7. The summed E-state index contributed by atoms with van der Waals surface area (Å²) in [4.78, 5) is 12.1. The van der Waals surface area contributed by atoms with Gasteiger partial charge in [0, 0.05) is 11.8 Å². The summed E-state index contributed by atoms with van der Waals surface area (Å²) in [6, 6.07) is 4.77. The predicted octanol–water partition coefficient (Wildman–Crippen LogP) is 1.31. The van der Waals surface area contributed by atoms with Crippen molar-refractivity contribution in [3.8, 4) is 5.75 Å². The third-order valence-electron chi connectivity index (χ3n) is 3.55. The van der Waals surface area contributed by atoms with Crippen LogP contribution in [0.5, 0.6) is 5.75 Å². The van der Waals surface area contributed by atoms with E-state index in [-0.39, 0.29) is 11.9 Å². The number of carbonyl (C=O) groups excluding carboxylic acids is 1. The van der Waals surface area contributed by atoms with E-state index in [9.17, 15) is 9.90 Å². The first-order chi connectivity index (χ1) is 9.11. The van der Waals surface area contributed by atoms with Gasteiger partial charge in [-0.05, 0) is 25.0 Å². The van der Waals surface area contributed by atoms with Crippen molar-refractivity contribution < 1.29 is 14.6 Å². The van der Waals surface area contributed by atoms with E-state index in [1.54, 1.807) is 25.3 Å². The van der Waals surface area contributed by atoms with Gasteiger partial charge in [-0.15, -0.1) is 0 Å². The summed E-state index contributed by atoms with van der Waals surface area (Å²) in [5.41, 5.74) is 6.63. The highest BCUT2D eigenvalue weighted by Crippen LogP contribution is 2.22. The zero-order valence-electron chi connectivity index (χ0n) is 11.1. The number of methoxy groups -OCH3 is 1. The number of carbonyl (C=O) groups is 1. The number of rotatable bonds is 3. The lowest BCUT2D eigenvalue weighted by Crippen LogP contribution is -2.45. The number of nitrogen functional groups attached to an aromatic ring is 1. The standard InChI is InChI=1S/C14H20N2O3/c1-19-9-6-7-10(11(15)8-9)14(18)16-12-4-2-3-5-13(12)17/h6-8,12-13,17H,2-5,15H2,1H3,(H,16,18). The number of amides is 1. The lowest BCUT2D eigenvalue weighted by atomic mass is 9.92. The van der Waals surface area contributed by atoms with Gasteiger partial charge in [-0.2, -0.15) is 0 Å². The average Bonchev–Trinajstić information content (AvgIpc) is 2.41. The van der Waals surface area contributed by atoms with Crippen molar-refractivity contribution in [1.82, 2.24) is 5.32 Å². The molecule has 0 aromatic heterocycles. The van der Waals surface area contributed by atoms with Gasteiger partial charge in [-0.3, -0.25) is 4.79 Å². The summed E-state index contributed by atoms with van der Waals surface area (Å²) in [5.74, 6) is 0.373. The largest absolute Gasteiger partial charge is 0.497 e. The highest BCUT2D eigenvalue weighted by atomic mass is 16.5. The molecule has 0 heterocycles. The minimum atomic E-state index is -0.461. The monoisotopic (exact) mass is 264 g/mol. The summed E-state index contributed by atoms with van der Waals surface area (Å²) in [6.07, 6.45) is 3.13. The molecular formula is C14H20N2O3. The van der Waals surface area contributed by atoms with E-state index in [1.807, 2.05) is 0 Å². The fourth-order valence-electron chi connectivity index (χ4n) is 2.40. The summed E-state index contributed by atoms with van der Waals surface area (Å²) < 4.78 is 5.05. The molecule has 0 radical (unpaired) electrons. The second-order valence-electron chi connectivity index (χ2n) is 4.88. The topological polar surface area (TPSA) is 84.6 Å². The number of hydrogen-bond donors (Lipinski definition) is 3. The molecule has 0 bridgehead atoms. The Morgan fingerprint density at radius 1 is 1.42 bits per heavy atom. The number of nitrogens with one attached hydrogen (secondary N) is 1. The molecule has 104 valence electrons. The van der Waals surface area contributed by atoms with E-state index in [4.69, 9.17) is 10.5 Å². The highest BCUT2D eigenvalue weighted by molar-refractivity contribution is 5.99. The van der Waals surface area contributed by atoms with Crippen LogP contribution in [0, 0.1) is 0 Å². The molecule has 4 N–H and O–H groups in total. The first-order valence-corrected chi connectivity index (χ1v) is 6.54.